The third-order valence-electron chi connectivity index (χ3n) is 1.97. The Morgan fingerprint density at radius 2 is 2.24 bits per heavy atom. The fourth-order valence-corrected chi connectivity index (χ4v) is 1.19. The number of likely N-dealkylation sites (N-methyl/N-ethyl adjacent to an activating group) is 1. The Bertz CT molecular complexity index is 437. The number of anilines is 1. The molecule has 0 aromatic heterocycles. The van der Waals surface area contributed by atoms with E-state index in [9.17, 15) is 19.3 Å². The van der Waals surface area contributed by atoms with Gasteiger partial charge < -0.3 is 10.6 Å². The van der Waals surface area contributed by atoms with Gasteiger partial charge in [0.25, 0.3) is 5.69 Å². The van der Waals surface area contributed by atoms with Crippen molar-refractivity contribution < 1.29 is 14.1 Å². The Hall–Kier alpha value is -2.02. The molecule has 0 atom stereocenters. The Kier molecular flexibility index (Phi) is 4.53. The van der Waals surface area contributed by atoms with Gasteiger partial charge in [0.2, 0.25) is 5.91 Å². The second-order valence-electron chi connectivity index (χ2n) is 3.25. The van der Waals surface area contributed by atoms with Crippen LogP contribution in [0.3, 0.4) is 0 Å². The zero-order valence-corrected chi connectivity index (χ0v) is 9.20. The fourth-order valence-electron chi connectivity index (χ4n) is 1.19. The molecule has 1 aromatic carbocycles. The first-order valence-corrected chi connectivity index (χ1v) is 4.99. The summed E-state index contributed by atoms with van der Waals surface area (Å²) in [5, 5.41) is 15.8. The summed E-state index contributed by atoms with van der Waals surface area (Å²) in [5.74, 6) is -1.14. The number of nitro groups is 1. The van der Waals surface area contributed by atoms with Crippen molar-refractivity contribution in [3.05, 3.63) is 34.1 Å². The van der Waals surface area contributed by atoms with Gasteiger partial charge in [0.05, 0.1) is 17.5 Å². The molecular weight excluding hydrogens is 229 g/mol. The first-order valence-electron chi connectivity index (χ1n) is 4.99. The SMILES string of the molecule is CCNCC(=O)Nc1ccc(F)cc1[N+](=O)[O-]. The van der Waals surface area contributed by atoms with Crippen molar-refractivity contribution in [1.29, 1.82) is 0 Å². The highest BCUT2D eigenvalue weighted by molar-refractivity contribution is 5.94. The van der Waals surface area contributed by atoms with Gasteiger partial charge in [-0.2, -0.15) is 0 Å². The van der Waals surface area contributed by atoms with E-state index in [1.807, 2.05) is 6.92 Å². The number of nitrogens with zero attached hydrogens (tertiary/aromatic N) is 1. The lowest BCUT2D eigenvalue weighted by Crippen LogP contribution is -2.28. The first kappa shape index (κ1) is 13.0. The third kappa shape index (κ3) is 3.80. The van der Waals surface area contributed by atoms with E-state index >= 15 is 0 Å². The summed E-state index contributed by atoms with van der Waals surface area (Å²) < 4.78 is 12.8. The number of rotatable bonds is 5. The number of nitrogens with one attached hydrogen (secondary N) is 2. The van der Waals surface area contributed by atoms with E-state index in [1.54, 1.807) is 0 Å². The molecule has 2 N–H and O–H groups in total. The molecule has 0 aliphatic carbocycles. The number of benzene rings is 1. The van der Waals surface area contributed by atoms with Crippen LogP contribution in [0.1, 0.15) is 6.92 Å². The van der Waals surface area contributed by atoms with E-state index < -0.39 is 22.3 Å². The highest BCUT2D eigenvalue weighted by atomic mass is 19.1. The molecule has 1 amide bonds. The normalized spacial score (nSPS) is 10.0. The highest BCUT2D eigenvalue weighted by Crippen LogP contribution is 2.24. The van der Waals surface area contributed by atoms with Crippen molar-refractivity contribution in [1.82, 2.24) is 5.32 Å². The fraction of sp³-hybridized carbons (Fsp3) is 0.300. The Labute approximate surface area is 97.0 Å². The largest absolute Gasteiger partial charge is 0.319 e. The van der Waals surface area contributed by atoms with Crippen LogP contribution in [0.25, 0.3) is 0 Å². The molecular formula is C10H12FN3O3. The van der Waals surface area contributed by atoms with Gasteiger partial charge in [-0.3, -0.25) is 14.9 Å². The summed E-state index contributed by atoms with van der Waals surface area (Å²) in [7, 11) is 0. The molecule has 0 unspecified atom stereocenters. The quantitative estimate of drug-likeness (QED) is 0.600. The number of carbonyl (C=O) groups is 1. The molecule has 0 fully saturated rings. The zero-order valence-electron chi connectivity index (χ0n) is 9.20. The van der Waals surface area contributed by atoms with E-state index in [0.29, 0.717) is 6.54 Å². The summed E-state index contributed by atoms with van der Waals surface area (Å²) >= 11 is 0. The van der Waals surface area contributed by atoms with Crippen molar-refractivity contribution in [3.8, 4) is 0 Å². The maximum atomic E-state index is 12.8. The van der Waals surface area contributed by atoms with Crippen molar-refractivity contribution in [2.24, 2.45) is 0 Å². The summed E-state index contributed by atoms with van der Waals surface area (Å²) in [6.45, 7) is 2.48. The second-order valence-corrected chi connectivity index (χ2v) is 3.25. The van der Waals surface area contributed by atoms with Crippen molar-refractivity contribution in [2.45, 2.75) is 6.92 Å². The number of hydrogen-bond acceptors (Lipinski definition) is 4. The molecule has 0 heterocycles. The molecule has 1 rings (SSSR count). The Balaban J connectivity index is 2.83. The standard InChI is InChI=1S/C10H12FN3O3/c1-2-12-6-10(15)13-8-4-3-7(11)5-9(8)14(16)17/h3-5,12H,2,6H2,1H3,(H,13,15). The van der Waals surface area contributed by atoms with Gasteiger partial charge in [0.1, 0.15) is 11.5 Å². The molecule has 17 heavy (non-hydrogen) atoms. The number of nitro benzene ring substituents is 1. The molecule has 0 saturated carbocycles. The molecule has 92 valence electrons. The van der Waals surface area contributed by atoms with E-state index in [1.165, 1.54) is 0 Å². The average Bonchev–Trinajstić information content (AvgIpc) is 2.28. The van der Waals surface area contributed by atoms with Gasteiger partial charge in [-0.25, -0.2) is 4.39 Å². The van der Waals surface area contributed by atoms with E-state index in [2.05, 4.69) is 10.6 Å². The minimum atomic E-state index is -0.744. The minimum Gasteiger partial charge on any atom is -0.319 e. The molecule has 0 aliphatic rings. The van der Waals surface area contributed by atoms with Crippen LogP contribution in [0, 0.1) is 15.9 Å². The van der Waals surface area contributed by atoms with Crippen LogP contribution in [0.15, 0.2) is 18.2 Å². The van der Waals surface area contributed by atoms with Crippen LogP contribution in [0.5, 0.6) is 0 Å². The predicted molar refractivity (Wildman–Crippen MR) is 60.2 cm³/mol. The van der Waals surface area contributed by atoms with Crippen molar-refractivity contribution in [3.63, 3.8) is 0 Å². The van der Waals surface area contributed by atoms with Crippen molar-refractivity contribution >= 4 is 17.3 Å². The van der Waals surface area contributed by atoms with Crippen LogP contribution < -0.4 is 10.6 Å². The van der Waals surface area contributed by atoms with E-state index in [0.717, 1.165) is 18.2 Å². The number of amides is 1. The molecule has 7 heteroatoms. The lowest BCUT2D eigenvalue weighted by Gasteiger charge is -2.06. The van der Waals surface area contributed by atoms with Crippen molar-refractivity contribution in [2.75, 3.05) is 18.4 Å². The summed E-state index contributed by atoms with van der Waals surface area (Å²) in [6.07, 6.45) is 0. The lowest BCUT2D eigenvalue weighted by atomic mass is 10.2. The summed E-state index contributed by atoms with van der Waals surface area (Å²) in [4.78, 5) is 21.2. The van der Waals surface area contributed by atoms with Crippen LogP contribution in [0.2, 0.25) is 0 Å². The topological polar surface area (TPSA) is 84.3 Å². The highest BCUT2D eigenvalue weighted by Gasteiger charge is 2.16. The van der Waals surface area contributed by atoms with Gasteiger partial charge in [-0.1, -0.05) is 6.92 Å². The number of carbonyl (C=O) groups excluding carboxylic acids is 1. The van der Waals surface area contributed by atoms with Gasteiger partial charge in [-0.05, 0) is 18.7 Å². The maximum Gasteiger partial charge on any atom is 0.295 e. The van der Waals surface area contributed by atoms with Gasteiger partial charge in [-0.15, -0.1) is 0 Å². The van der Waals surface area contributed by atoms with Gasteiger partial charge in [0, 0.05) is 0 Å². The molecule has 0 spiro atoms. The van der Waals surface area contributed by atoms with E-state index in [4.69, 9.17) is 0 Å². The van der Waals surface area contributed by atoms with Gasteiger partial charge >= 0.3 is 0 Å². The summed E-state index contributed by atoms with van der Waals surface area (Å²) in [5.41, 5.74) is -0.478. The third-order valence-corrected chi connectivity index (χ3v) is 1.97. The first-order chi connectivity index (χ1) is 8.04. The Morgan fingerprint density at radius 1 is 1.53 bits per heavy atom. The van der Waals surface area contributed by atoms with Crippen LogP contribution in [0.4, 0.5) is 15.8 Å². The average molecular weight is 241 g/mol. The molecule has 1 aromatic rings. The predicted octanol–water partition coefficient (Wildman–Crippen LogP) is 1.28. The van der Waals surface area contributed by atoms with Crippen LogP contribution in [-0.4, -0.2) is 23.9 Å². The molecule has 0 saturated heterocycles. The van der Waals surface area contributed by atoms with Crippen LogP contribution in [-0.2, 0) is 4.79 Å². The van der Waals surface area contributed by atoms with Gasteiger partial charge in [0.15, 0.2) is 0 Å². The number of hydrogen-bond donors (Lipinski definition) is 2. The molecule has 6 nitrogen and oxygen atoms in total. The monoisotopic (exact) mass is 241 g/mol. The smallest absolute Gasteiger partial charge is 0.295 e. The van der Waals surface area contributed by atoms with E-state index in [-0.39, 0.29) is 12.2 Å². The molecule has 0 bridgehead atoms. The number of halogens is 1. The second kappa shape index (κ2) is 5.90. The Morgan fingerprint density at radius 3 is 2.82 bits per heavy atom. The lowest BCUT2D eigenvalue weighted by molar-refractivity contribution is -0.384. The minimum absolute atomic E-state index is 0.0145. The molecule has 0 aliphatic heterocycles. The zero-order chi connectivity index (χ0) is 12.8. The maximum absolute atomic E-state index is 12.8. The van der Waals surface area contributed by atoms with Crippen LogP contribution >= 0.6 is 0 Å². The molecule has 0 radical (unpaired) electrons. The summed E-state index contributed by atoms with van der Waals surface area (Å²) in [6, 6.07) is 2.98.